The second-order valence-corrected chi connectivity index (χ2v) is 13.4. The Hall–Kier alpha value is -2.45. The molecular weight excluding hydrogens is 484 g/mol. The van der Waals surface area contributed by atoms with E-state index in [-0.39, 0.29) is 30.4 Å². The molecule has 2 bridgehead atoms. The lowest BCUT2D eigenvalue weighted by Gasteiger charge is -2.40. The molecule has 0 saturated carbocycles. The van der Waals surface area contributed by atoms with Gasteiger partial charge in [0.1, 0.15) is 17.6 Å². The molecule has 8 heteroatoms. The number of benzene rings is 1. The third-order valence-electron chi connectivity index (χ3n) is 8.36. The van der Waals surface area contributed by atoms with Crippen molar-refractivity contribution in [3.05, 3.63) is 35.9 Å². The number of aliphatic hydroxyl groups is 1. The molecule has 3 aliphatic rings. The first-order chi connectivity index (χ1) is 17.7. The third-order valence-corrected chi connectivity index (χ3v) is 8.36. The van der Waals surface area contributed by atoms with Crippen LogP contribution in [-0.2, 0) is 30.3 Å². The van der Waals surface area contributed by atoms with Gasteiger partial charge in [-0.1, -0.05) is 51.1 Å². The summed E-state index contributed by atoms with van der Waals surface area (Å²) in [6.07, 6.45) is 2.13. The maximum Gasteiger partial charge on any atom is 0.312 e. The van der Waals surface area contributed by atoms with Crippen LogP contribution in [0.5, 0.6) is 0 Å². The first-order valence-electron chi connectivity index (χ1n) is 13.8. The molecule has 3 fully saturated rings. The van der Waals surface area contributed by atoms with Gasteiger partial charge in [-0.2, -0.15) is 0 Å². The zero-order valence-corrected chi connectivity index (χ0v) is 23.9. The molecule has 2 N–H and O–H groups in total. The van der Waals surface area contributed by atoms with Gasteiger partial charge in [0.15, 0.2) is 0 Å². The molecule has 2 unspecified atom stereocenters. The smallest absolute Gasteiger partial charge is 0.312 e. The SMILES string of the molecule is CCOC(=O)[C@@H]1[C@H]2C(=O)N([C@@H](CO)Cc3ccccc3)C(C(=O)NC(C)(C)CC(C)(C)C)C23CC[C@@]1(C)O3. The van der Waals surface area contributed by atoms with E-state index in [0.29, 0.717) is 19.3 Å². The van der Waals surface area contributed by atoms with Crippen LogP contribution in [0.25, 0.3) is 0 Å². The largest absolute Gasteiger partial charge is 0.466 e. The van der Waals surface area contributed by atoms with E-state index < -0.39 is 46.6 Å². The van der Waals surface area contributed by atoms with Gasteiger partial charge in [0, 0.05) is 5.54 Å². The molecule has 4 rings (SSSR count). The monoisotopic (exact) mass is 528 g/mol. The van der Waals surface area contributed by atoms with Gasteiger partial charge in [0.2, 0.25) is 11.8 Å². The highest BCUT2D eigenvalue weighted by molar-refractivity contribution is 5.99. The van der Waals surface area contributed by atoms with E-state index >= 15 is 0 Å². The summed E-state index contributed by atoms with van der Waals surface area (Å²) in [5.41, 5.74) is -1.68. The number of hydrogen-bond donors (Lipinski definition) is 2. The van der Waals surface area contributed by atoms with E-state index in [0.717, 1.165) is 12.0 Å². The lowest BCUT2D eigenvalue weighted by molar-refractivity contribution is -0.160. The summed E-state index contributed by atoms with van der Waals surface area (Å²) in [4.78, 5) is 43.2. The number of ether oxygens (including phenoxy) is 2. The van der Waals surface area contributed by atoms with Crippen molar-refractivity contribution >= 4 is 17.8 Å². The molecule has 0 aromatic heterocycles. The summed E-state index contributed by atoms with van der Waals surface area (Å²) < 4.78 is 12.0. The molecule has 210 valence electrons. The fourth-order valence-electron chi connectivity index (χ4n) is 7.56. The van der Waals surface area contributed by atoms with E-state index in [4.69, 9.17) is 9.47 Å². The number of carbonyl (C=O) groups excluding carboxylic acids is 3. The summed E-state index contributed by atoms with van der Waals surface area (Å²) in [5, 5.41) is 13.7. The number of likely N-dealkylation sites (tertiary alicyclic amines) is 1. The number of hydrogen-bond acceptors (Lipinski definition) is 6. The first kappa shape index (κ1) is 28.6. The van der Waals surface area contributed by atoms with Crippen molar-refractivity contribution in [1.29, 1.82) is 0 Å². The molecule has 2 amide bonds. The standard InChI is InChI=1S/C30H44N2O6/c1-8-37-26(36)22-21-25(35)32(20(17-33)16-19-12-10-9-11-13-19)23(30(21)15-14-29(22,7)38-30)24(34)31-28(5,6)18-27(2,3)4/h9-13,20-23,33H,8,14-18H2,1-7H3,(H,31,34)/t20-,21+,22+,23?,29-,30?/m1/s1. The van der Waals surface area contributed by atoms with Gasteiger partial charge < -0.3 is 24.8 Å². The maximum absolute atomic E-state index is 14.3. The first-order valence-corrected chi connectivity index (χ1v) is 13.8. The second kappa shape index (κ2) is 9.94. The lowest BCUT2D eigenvalue weighted by Crippen LogP contribution is -2.61. The molecule has 6 atom stereocenters. The molecule has 3 saturated heterocycles. The summed E-state index contributed by atoms with van der Waals surface area (Å²) in [6, 6.07) is 7.98. The van der Waals surface area contributed by atoms with Gasteiger partial charge in [-0.15, -0.1) is 0 Å². The molecule has 38 heavy (non-hydrogen) atoms. The van der Waals surface area contributed by atoms with Crippen molar-refractivity contribution in [2.75, 3.05) is 13.2 Å². The van der Waals surface area contributed by atoms with Crippen LogP contribution in [0.15, 0.2) is 30.3 Å². The van der Waals surface area contributed by atoms with Crippen LogP contribution in [0.1, 0.15) is 73.3 Å². The number of rotatable bonds is 9. The Labute approximate surface area is 226 Å². The normalized spacial score (nSPS) is 31.3. The van der Waals surface area contributed by atoms with Crippen LogP contribution in [0.2, 0.25) is 0 Å². The van der Waals surface area contributed by atoms with Crippen molar-refractivity contribution in [2.24, 2.45) is 17.3 Å². The van der Waals surface area contributed by atoms with Crippen LogP contribution in [-0.4, -0.2) is 69.8 Å². The predicted octanol–water partition coefficient (Wildman–Crippen LogP) is 3.25. The van der Waals surface area contributed by atoms with E-state index in [9.17, 15) is 19.5 Å². The van der Waals surface area contributed by atoms with Crippen molar-refractivity contribution in [2.45, 2.75) is 103 Å². The molecule has 8 nitrogen and oxygen atoms in total. The Morgan fingerprint density at radius 2 is 1.84 bits per heavy atom. The van der Waals surface area contributed by atoms with Crippen LogP contribution in [0, 0.1) is 17.3 Å². The topological polar surface area (TPSA) is 105 Å². The summed E-state index contributed by atoms with van der Waals surface area (Å²) in [5.74, 6) is -2.74. The molecule has 1 spiro atoms. The molecular formula is C30H44N2O6. The number of nitrogens with one attached hydrogen (secondary N) is 1. The van der Waals surface area contributed by atoms with Crippen molar-refractivity contribution in [1.82, 2.24) is 10.2 Å². The van der Waals surface area contributed by atoms with E-state index in [2.05, 4.69) is 26.1 Å². The highest BCUT2D eigenvalue weighted by atomic mass is 16.6. The van der Waals surface area contributed by atoms with Gasteiger partial charge in [0.25, 0.3) is 0 Å². The van der Waals surface area contributed by atoms with Crippen LogP contribution < -0.4 is 5.32 Å². The Kier molecular flexibility index (Phi) is 7.47. The Balaban J connectivity index is 1.77. The van der Waals surface area contributed by atoms with Gasteiger partial charge in [-0.3, -0.25) is 14.4 Å². The fourth-order valence-corrected chi connectivity index (χ4v) is 7.56. The molecule has 1 aromatic carbocycles. The van der Waals surface area contributed by atoms with Gasteiger partial charge >= 0.3 is 5.97 Å². The third kappa shape index (κ3) is 4.97. The predicted molar refractivity (Wildman–Crippen MR) is 143 cm³/mol. The van der Waals surface area contributed by atoms with Crippen LogP contribution >= 0.6 is 0 Å². The number of esters is 1. The van der Waals surface area contributed by atoms with Crippen molar-refractivity contribution < 1.29 is 29.0 Å². The average Bonchev–Trinajstić information content (AvgIpc) is 3.37. The van der Waals surface area contributed by atoms with Crippen molar-refractivity contribution in [3.63, 3.8) is 0 Å². The quantitative estimate of drug-likeness (QED) is 0.477. The summed E-state index contributed by atoms with van der Waals surface area (Å²) in [7, 11) is 0. The lowest BCUT2D eigenvalue weighted by atomic mass is 9.66. The number of carbonyl (C=O) groups is 3. The zero-order valence-electron chi connectivity index (χ0n) is 23.9. The fraction of sp³-hybridized carbons (Fsp3) is 0.700. The Morgan fingerprint density at radius 3 is 2.42 bits per heavy atom. The van der Waals surface area contributed by atoms with Crippen molar-refractivity contribution in [3.8, 4) is 0 Å². The Bertz CT molecular complexity index is 1070. The number of nitrogens with zero attached hydrogens (tertiary/aromatic N) is 1. The maximum atomic E-state index is 14.3. The summed E-state index contributed by atoms with van der Waals surface area (Å²) >= 11 is 0. The molecule has 0 radical (unpaired) electrons. The minimum Gasteiger partial charge on any atom is -0.466 e. The minimum atomic E-state index is -1.16. The molecule has 3 aliphatic heterocycles. The second-order valence-electron chi connectivity index (χ2n) is 13.4. The van der Waals surface area contributed by atoms with E-state index in [1.807, 2.05) is 51.1 Å². The van der Waals surface area contributed by atoms with Crippen LogP contribution in [0.4, 0.5) is 0 Å². The Morgan fingerprint density at radius 1 is 1.18 bits per heavy atom. The van der Waals surface area contributed by atoms with E-state index in [1.165, 1.54) is 4.90 Å². The van der Waals surface area contributed by atoms with Crippen LogP contribution in [0.3, 0.4) is 0 Å². The minimum absolute atomic E-state index is 0.0332. The average molecular weight is 529 g/mol. The number of fused-ring (bicyclic) bond motifs is 1. The van der Waals surface area contributed by atoms with Gasteiger partial charge in [-0.05, 0) is 64.4 Å². The molecule has 3 heterocycles. The highest BCUT2D eigenvalue weighted by Gasteiger charge is 2.78. The zero-order chi connectivity index (χ0) is 28.1. The molecule has 0 aliphatic carbocycles. The highest BCUT2D eigenvalue weighted by Crippen LogP contribution is 2.63. The number of aliphatic hydroxyl groups excluding tert-OH is 1. The molecule has 1 aromatic rings. The van der Waals surface area contributed by atoms with Gasteiger partial charge in [0.05, 0.1) is 30.8 Å². The van der Waals surface area contributed by atoms with E-state index in [1.54, 1.807) is 6.92 Å². The number of amides is 2. The van der Waals surface area contributed by atoms with Gasteiger partial charge in [-0.25, -0.2) is 0 Å². The summed E-state index contributed by atoms with van der Waals surface area (Å²) in [6.45, 7) is 13.8.